The number of phosphoric acid groups is 2. The molecule has 0 rings (SSSR count). The van der Waals surface area contributed by atoms with Gasteiger partial charge >= 0.3 is 15.6 Å². The van der Waals surface area contributed by atoms with Crippen molar-refractivity contribution < 1.29 is 32.6 Å². The molecule has 0 aliphatic rings. The van der Waals surface area contributed by atoms with E-state index in [0.29, 0.717) is 0 Å². The minimum absolute atomic E-state index is 0. The first kappa shape index (κ1) is 22.6. The van der Waals surface area contributed by atoms with E-state index in [1.54, 1.807) is 6.08 Å². The van der Waals surface area contributed by atoms with Crippen LogP contribution < -0.4 is 0 Å². The van der Waals surface area contributed by atoms with Crippen LogP contribution in [-0.4, -0.2) is 40.1 Å². The Labute approximate surface area is 131 Å². The summed E-state index contributed by atoms with van der Waals surface area (Å²) in [5.74, 6) is 0. The fourth-order valence-electron chi connectivity index (χ4n) is 1.12. The van der Waals surface area contributed by atoms with E-state index in [9.17, 15) is 9.13 Å². The molecule has 20 heavy (non-hydrogen) atoms. The molecular weight excluding hydrogens is 301 g/mol. The van der Waals surface area contributed by atoms with Gasteiger partial charge in [0.05, 0.1) is 6.61 Å². The van der Waals surface area contributed by atoms with E-state index < -0.39 is 15.6 Å². The Balaban J connectivity index is 0. The van der Waals surface area contributed by atoms with Gasteiger partial charge in [0, 0.05) is 18.9 Å². The summed E-state index contributed by atoms with van der Waals surface area (Å²) in [5, 5.41) is 0. The second kappa shape index (κ2) is 10.1. The molecule has 113 valence electrons. The quantitative estimate of drug-likeness (QED) is 0.357. The zero-order valence-electron chi connectivity index (χ0n) is 12.1. The number of phosphoric ester groups is 1. The van der Waals surface area contributed by atoms with Gasteiger partial charge in [-0.15, -0.1) is 0 Å². The molecule has 0 spiro atoms. The zero-order valence-corrected chi connectivity index (χ0v) is 13.9. The van der Waals surface area contributed by atoms with Crippen molar-refractivity contribution in [1.29, 1.82) is 0 Å². The van der Waals surface area contributed by atoms with E-state index in [1.807, 2.05) is 20.8 Å². The molecule has 0 aliphatic carbocycles. The summed E-state index contributed by atoms with van der Waals surface area (Å²) in [6, 6.07) is 0. The van der Waals surface area contributed by atoms with Crippen LogP contribution in [0.15, 0.2) is 23.3 Å². The maximum atomic E-state index is 11.1. The van der Waals surface area contributed by atoms with Gasteiger partial charge in [-0.1, -0.05) is 23.3 Å². The third kappa shape index (κ3) is 14.7. The molecule has 0 saturated carbocycles. The van der Waals surface area contributed by atoms with Gasteiger partial charge in [-0.05, 0) is 33.6 Å². The van der Waals surface area contributed by atoms with Crippen molar-refractivity contribution in [3.05, 3.63) is 23.3 Å². The smallest absolute Gasteiger partial charge is 0.302 e. The fourth-order valence-corrected chi connectivity index (χ4v) is 2.65. The average Bonchev–Trinajstić information content (AvgIpc) is 2.12. The Bertz CT molecular complexity index is 437. The van der Waals surface area contributed by atoms with Gasteiger partial charge in [-0.2, -0.15) is 4.31 Å². The van der Waals surface area contributed by atoms with Crippen LogP contribution in [0.3, 0.4) is 0 Å². The molecule has 0 aromatic carbocycles. The van der Waals surface area contributed by atoms with E-state index in [0.717, 1.165) is 18.4 Å². The standard InChI is InChI=1S/C10H20O7P2.Li/c1-9(2)5-4-6-10(3)7-8-16-19(14,15)17-18(11,12)13;/h5,7H,4,6,8H2,1-3H3,(H,14,15)(H2,11,12,13);. The van der Waals surface area contributed by atoms with Crippen LogP contribution in [0.5, 0.6) is 0 Å². The maximum Gasteiger partial charge on any atom is 0.481 e. The average molecular weight is 321 g/mol. The monoisotopic (exact) mass is 321 g/mol. The summed E-state index contributed by atoms with van der Waals surface area (Å²) in [6.45, 7) is 5.55. The minimum Gasteiger partial charge on any atom is -0.302 e. The Morgan fingerprint density at radius 1 is 1.10 bits per heavy atom. The van der Waals surface area contributed by atoms with Gasteiger partial charge in [0.15, 0.2) is 0 Å². The fraction of sp³-hybridized carbons (Fsp3) is 0.600. The number of hydrogen-bond donors (Lipinski definition) is 3. The van der Waals surface area contributed by atoms with Gasteiger partial charge in [0.1, 0.15) is 0 Å². The van der Waals surface area contributed by atoms with Gasteiger partial charge in [-0.3, -0.25) is 4.52 Å². The van der Waals surface area contributed by atoms with E-state index in [2.05, 4.69) is 14.9 Å². The van der Waals surface area contributed by atoms with Gasteiger partial charge in [0.25, 0.3) is 0 Å². The molecule has 0 aliphatic heterocycles. The van der Waals surface area contributed by atoms with Crippen LogP contribution >= 0.6 is 15.6 Å². The number of rotatable bonds is 8. The van der Waals surface area contributed by atoms with Crippen LogP contribution in [-0.2, 0) is 18.0 Å². The van der Waals surface area contributed by atoms with Crippen LogP contribution in [0, 0.1) is 0 Å². The van der Waals surface area contributed by atoms with Crippen molar-refractivity contribution in [2.45, 2.75) is 33.6 Å². The third-order valence-electron chi connectivity index (χ3n) is 1.97. The summed E-state index contributed by atoms with van der Waals surface area (Å²) < 4.78 is 29.5. The van der Waals surface area contributed by atoms with Gasteiger partial charge in [0.2, 0.25) is 0 Å². The number of hydrogen-bond acceptors (Lipinski definition) is 4. The van der Waals surface area contributed by atoms with Gasteiger partial charge in [-0.25, -0.2) is 9.13 Å². The summed E-state index contributed by atoms with van der Waals surface area (Å²) in [7, 11) is -9.78. The zero-order chi connectivity index (χ0) is 15.1. The molecule has 0 saturated heterocycles. The third-order valence-corrected chi connectivity index (χ3v) is 4.12. The predicted octanol–water partition coefficient (Wildman–Crippen LogP) is 2.52. The van der Waals surface area contributed by atoms with Crippen LogP contribution in [0.4, 0.5) is 0 Å². The molecular formula is C10H20LiO7P2. The van der Waals surface area contributed by atoms with Gasteiger partial charge < -0.3 is 14.7 Å². The summed E-state index contributed by atoms with van der Waals surface area (Å²) >= 11 is 0. The largest absolute Gasteiger partial charge is 0.481 e. The molecule has 1 unspecified atom stereocenters. The molecule has 1 radical (unpaired) electrons. The van der Waals surface area contributed by atoms with Crippen molar-refractivity contribution in [1.82, 2.24) is 0 Å². The Morgan fingerprint density at radius 2 is 1.65 bits per heavy atom. The second-order valence-electron chi connectivity index (χ2n) is 4.21. The topological polar surface area (TPSA) is 113 Å². The second-order valence-corrected chi connectivity index (χ2v) is 7.04. The predicted molar refractivity (Wildman–Crippen MR) is 77.1 cm³/mol. The Morgan fingerprint density at radius 3 is 2.10 bits per heavy atom. The van der Waals surface area contributed by atoms with E-state index >= 15 is 0 Å². The van der Waals surface area contributed by atoms with Crippen LogP contribution in [0.2, 0.25) is 0 Å². The molecule has 0 fully saturated rings. The van der Waals surface area contributed by atoms with Crippen molar-refractivity contribution >= 4 is 34.5 Å². The SMILES string of the molecule is CC(C)=CCCC(C)=CCOP(=O)(O)OP(=O)(O)O.[Li]. The maximum absolute atomic E-state index is 11.1. The van der Waals surface area contributed by atoms with Crippen LogP contribution in [0.25, 0.3) is 0 Å². The first-order valence-electron chi connectivity index (χ1n) is 5.55. The Kier molecular flexibility index (Phi) is 11.5. The molecule has 1 atom stereocenters. The summed E-state index contributed by atoms with van der Waals surface area (Å²) in [5.41, 5.74) is 2.15. The first-order chi connectivity index (χ1) is 8.52. The molecule has 0 bridgehead atoms. The summed E-state index contributed by atoms with van der Waals surface area (Å²) in [4.78, 5) is 25.8. The Hall–Kier alpha value is 0.337. The first-order valence-corrected chi connectivity index (χ1v) is 8.57. The molecule has 0 aromatic rings. The normalized spacial score (nSPS) is 15.2. The molecule has 10 heteroatoms. The summed E-state index contributed by atoms with van der Waals surface area (Å²) in [6.07, 6.45) is 5.24. The van der Waals surface area contributed by atoms with E-state index in [-0.39, 0.29) is 25.5 Å². The molecule has 0 aromatic heterocycles. The van der Waals surface area contributed by atoms with Crippen molar-refractivity contribution in [2.24, 2.45) is 0 Å². The van der Waals surface area contributed by atoms with E-state index in [4.69, 9.17) is 14.7 Å². The van der Waals surface area contributed by atoms with Crippen molar-refractivity contribution in [2.75, 3.05) is 6.61 Å². The molecule has 7 nitrogen and oxygen atoms in total. The molecule has 0 heterocycles. The number of allylic oxidation sites excluding steroid dienone is 3. The molecule has 3 N–H and O–H groups in total. The van der Waals surface area contributed by atoms with E-state index in [1.165, 1.54) is 5.57 Å². The van der Waals surface area contributed by atoms with Crippen molar-refractivity contribution in [3.63, 3.8) is 0 Å². The molecule has 0 amide bonds. The minimum atomic E-state index is -5.05. The van der Waals surface area contributed by atoms with Crippen LogP contribution in [0.1, 0.15) is 33.6 Å². The van der Waals surface area contributed by atoms with Crippen molar-refractivity contribution in [3.8, 4) is 0 Å².